The number of aliphatic hydroxyl groups excluding tert-OH is 1. The molecule has 0 unspecified atom stereocenters. The van der Waals surface area contributed by atoms with Gasteiger partial charge in [-0.15, -0.1) is 6.58 Å². The topological polar surface area (TPSA) is 69.5 Å². The molecule has 7 heteroatoms. The van der Waals surface area contributed by atoms with E-state index in [0.717, 1.165) is 35.5 Å². The summed E-state index contributed by atoms with van der Waals surface area (Å²) in [5, 5.41) is 18.4. The van der Waals surface area contributed by atoms with Gasteiger partial charge in [0, 0.05) is 49.6 Å². The summed E-state index contributed by atoms with van der Waals surface area (Å²) >= 11 is 1.77. The first-order valence-electron chi connectivity index (χ1n) is 11.9. The molecule has 0 saturated heterocycles. The van der Waals surface area contributed by atoms with Crippen molar-refractivity contribution in [3.8, 4) is 0 Å². The lowest BCUT2D eigenvalue weighted by Gasteiger charge is -2.25. The summed E-state index contributed by atoms with van der Waals surface area (Å²) in [6, 6.07) is 13.5. The molecule has 0 radical (unpaired) electrons. The fraction of sp³-hybridized carbons (Fsp3) is 0.370. The highest BCUT2D eigenvalue weighted by Crippen LogP contribution is 2.38. The number of rotatable bonds is 10. The van der Waals surface area contributed by atoms with Gasteiger partial charge in [0.1, 0.15) is 0 Å². The quantitative estimate of drug-likeness (QED) is 0.235. The number of benzene rings is 2. The van der Waals surface area contributed by atoms with E-state index in [2.05, 4.69) is 46.3 Å². The summed E-state index contributed by atoms with van der Waals surface area (Å²) in [6.45, 7) is 7.66. The second-order valence-corrected chi connectivity index (χ2v) is 9.91. The van der Waals surface area contributed by atoms with Crippen LogP contribution in [0.1, 0.15) is 28.4 Å². The molecule has 1 aliphatic heterocycles. The second-order valence-electron chi connectivity index (χ2n) is 8.69. The van der Waals surface area contributed by atoms with E-state index < -0.39 is 12.1 Å². The van der Waals surface area contributed by atoms with Crippen LogP contribution in [-0.2, 0) is 19.4 Å². The minimum absolute atomic E-state index is 0.171. The van der Waals surface area contributed by atoms with Crippen molar-refractivity contribution in [2.45, 2.75) is 38.5 Å². The average Bonchev–Trinajstić information content (AvgIpc) is 3.12. The number of amides is 1. The Labute approximate surface area is 206 Å². The smallest absolute Gasteiger partial charge is 0.251 e. The molecule has 4 rings (SSSR count). The zero-order valence-electron chi connectivity index (χ0n) is 20.0. The third-order valence-corrected chi connectivity index (χ3v) is 7.33. The van der Waals surface area contributed by atoms with Crippen molar-refractivity contribution >= 4 is 34.4 Å². The minimum atomic E-state index is -0.737. The van der Waals surface area contributed by atoms with Crippen LogP contribution in [0.15, 0.2) is 61.3 Å². The van der Waals surface area contributed by atoms with Crippen molar-refractivity contribution in [2.24, 2.45) is 0 Å². The zero-order valence-corrected chi connectivity index (χ0v) is 20.8. The Balaban J connectivity index is 1.64. The summed E-state index contributed by atoms with van der Waals surface area (Å²) in [6.07, 6.45) is 4.80. The van der Waals surface area contributed by atoms with Gasteiger partial charge in [0.15, 0.2) is 0 Å². The fourth-order valence-electron chi connectivity index (χ4n) is 4.56. The minimum Gasteiger partial charge on any atom is -0.390 e. The van der Waals surface area contributed by atoms with Crippen LogP contribution >= 0.6 is 11.9 Å². The van der Waals surface area contributed by atoms with Gasteiger partial charge in [-0.2, -0.15) is 0 Å². The number of nitrogens with one attached hydrogen (secondary N) is 2. The number of anilines is 1. The predicted molar refractivity (Wildman–Crippen MR) is 143 cm³/mol. The van der Waals surface area contributed by atoms with E-state index in [1.807, 2.05) is 42.5 Å². The first-order chi connectivity index (χ1) is 16.5. The highest BCUT2D eigenvalue weighted by Gasteiger charge is 2.25. The highest BCUT2D eigenvalue weighted by molar-refractivity contribution is 8.00. The molecule has 1 amide bonds. The molecule has 0 fully saturated rings. The molecule has 2 atom stereocenters. The van der Waals surface area contributed by atoms with E-state index in [9.17, 15) is 9.90 Å². The summed E-state index contributed by atoms with van der Waals surface area (Å²) in [4.78, 5) is 13.5. The molecule has 0 aliphatic carbocycles. The van der Waals surface area contributed by atoms with E-state index in [0.29, 0.717) is 25.1 Å². The molecule has 34 heavy (non-hydrogen) atoms. The number of hydrogen-bond acceptors (Lipinski definition) is 5. The molecule has 1 aromatic heterocycles. The number of aryl methyl sites for hydroxylation is 2. The van der Waals surface area contributed by atoms with Gasteiger partial charge in [-0.05, 0) is 55.0 Å². The van der Waals surface area contributed by atoms with Crippen LogP contribution in [0.25, 0.3) is 10.9 Å². The first-order valence-corrected chi connectivity index (χ1v) is 12.8. The van der Waals surface area contributed by atoms with Crippen LogP contribution in [-0.4, -0.2) is 53.6 Å². The molecular weight excluding hydrogens is 444 g/mol. The van der Waals surface area contributed by atoms with Crippen molar-refractivity contribution in [3.05, 3.63) is 78.0 Å². The average molecular weight is 479 g/mol. The van der Waals surface area contributed by atoms with Crippen LogP contribution in [0.3, 0.4) is 0 Å². The Morgan fingerprint density at radius 3 is 2.82 bits per heavy atom. The largest absolute Gasteiger partial charge is 0.390 e. The van der Waals surface area contributed by atoms with Crippen molar-refractivity contribution in [1.82, 2.24) is 15.2 Å². The highest BCUT2D eigenvalue weighted by atomic mass is 32.2. The molecule has 3 aromatic rings. The molecule has 0 bridgehead atoms. The molecule has 1 aliphatic rings. The van der Waals surface area contributed by atoms with Gasteiger partial charge in [-0.3, -0.25) is 4.79 Å². The number of hydrogen-bond donors (Lipinski definition) is 3. The lowest BCUT2D eigenvalue weighted by molar-refractivity contribution is 0.0832. The lowest BCUT2D eigenvalue weighted by atomic mass is 10.00. The van der Waals surface area contributed by atoms with E-state index in [4.69, 9.17) is 0 Å². The monoisotopic (exact) mass is 478 g/mol. The van der Waals surface area contributed by atoms with Gasteiger partial charge in [0.25, 0.3) is 5.91 Å². The van der Waals surface area contributed by atoms with Crippen LogP contribution in [0.4, 0.5) is 5.69 Å². The number of aromatic nitrogens is 1. The van der Waals surface area contributed by atoms with Crippen LogP contribution in [0.5, 0.6) is 0 Å². The maximum Gasteiger partial charge on any atom is 0.251 e. The van der Waals surface area contributed by atoms with Gasteiger partial charge < -0.3 is 24.6 Å². The number of nitrogens with zero attached hydrogens (tertiary/aromatic N) is 2. The molecule has 2 aromatic carbocycles. The Kier molecular flexibility index (Phi) is 7.98. The fourth-order valence-corrected chi connectivity index (χ4v) is 5.43. The number of carbonyl (C=O) groups is 1. The Bertz CT molecular complexity index is 1140. The molecule has 180 valence electrons. The summed E-state index contributed by atoms with van der Waals surface area (Å²) in [5.41, 5.74) is 5.17. The molecule has 3 N–H and O–H groups in total. The van der Waals surface area contributed by atoms with E-state index in [1.54, 1.807) is 18.0 Å². The van der Waals surface area contributed by atoms with Crippen LogP contribution in [0.2, 0.25) is 0 Å². The maximum absolute atomic E-state index is 13.5. The third kappa shape index (κ3) is 5.32. The number of carbonyl (C=O) groups excluding carboxylic acids is 1. The normalized spacial score (nSPS) is 15.1. The third-order valence-electron chi connectivity index (χ3n) is 6.36. The molecule has 0 saturated carbocycles. The standard InChI is InChI=1S/C27H34N4O2S/c1-4-12-28-17-25(32)22(14-19-9-7-6-8-10-19)29-27(33)21-15-23-26-20(11-13-34-30(23)3)18-31(5-2)24(26)16-21/h4,6-10,15-16,18,22,25,28,32H,1,5,11-14,17H2,2-3H3,(H,29,33)/t22-,25+/m0/s1. The van der Waals surface area contributed by atoms with Gasteiger partial charge in [-0.1, -0.05) is 36.4 Å². The Morgan fingerprint density at radius 1 is 1.29 bits per heavy atom. The molecule has 0 spiro atoms. The van der Waals surface area contributed by atoms with Gasteiger partial charge in [0.2, 0.25) is 0 Å². The SMILES string of the molecule is C=CCNC[C@@H](O)[C@H](Cc1ccccc1)NC(=O)c1cc2c3c(cn(CC)c3c1)CCSN2C. The van der Waals surface area contributed by atoms with Gasteiger partial charge in [-0.25, -0.2) is 0 Å². The summed E-state index contributed by atoms with van der Waals surface area (Å²) in [7, 11) is 2.06. The van der Waals surface area contributed by atoms with Gasteiger partial charge >= 0.3 is 0 Å². The lowest BCUT2D eigenvalue weighted by Crippen LogP contribution is -2.48. The molecule has 6 nitrogen and oxygen atoms in total. The summed E-state index contributed by atoms with van der Waals surface area (Å²) < 4.78 is 4.40. The van der Waals surface area contributed by atoms with Crippen molar-refractivity contribution < 1.29 is 9.90 Å². The number of aliphatic hydroxyl groups is 1. The van der Waals surface area contributed by atoms with Crippen molar-refractivity contribution in [3.63, 3.8) is 0 Å². The first kappa shape index (κ1) is 24.4. The van der Waals surface area contributed by atoms with Crippen LogP contribution < -0.4 is 14.9 Å². The van der Waals surface area contributed by atoms with E-state index in [-0.39, 0.29) is 5.91 Å². The molecule has 2 heterocycles. The van der Waals surface area contributed by atoms with Crippen molar-refractivity contribution in [2.75, 3.05) is 30.2 Å². The maximum atomic E-state index is 13.5. The zero-order chi connectivity index (χ0) is 24.1. The van der Waals surface area contributed by atoms with E-state index in [1.165, 1.54) is 10.9 Å². The Morgan fingerprint density at radius 2 is 2.09 bits per heavy atom. The van der Waals surface area contributed by atoms with Crippen molar-refractivity contribution in [1.29, 1.82) is 0 Å². The molecular formula is C27H34N4O2S. The van der Waals surface area contributed by atoms with Gasteiger partial charge in [0.05, 0.1) is 23.3 Å². The summed E-state index contributed by atoms with van der Waals surface area (Å²) in [5.74, 6) is 0.841. The van der Waals surface area contributed by atoms with E-state index >= 15 is 0 Å². The van der Waals surface area contributed by atoms with Crippen LogP contribution in [0, 0.1) is 0 Å². The Hall–Kier alpha value is -2.74. The second kappa shape index (κ2) is 11.1. The predicted octanol–water partition coefficient (Wildman–Crippen LogP) is 3.78.